The number of hydrogen-bond donors (Lipinski definition) is 1. The van der Waals surface area contributed by atoms with E-state index in [1.54, 1.807) is 19.1 Å². The molecule has 1 saturated heterocycles. The summed E-state index contributed by atoms with van der Waals surface area (Å²) in [6.07, 6.45) is 2.82. The predicted molar refractivity (Wildman–Crippen MR) is 121 cm³/mol. The van der Waals surface area contributed by atoms with E-state index in [1.807, 2.05) is 36.4 Å². The van der Waals surface area contributed by atoms with Gasteiger partial charge in [0.2, 0.25) is 0 Å². The Morgan fingerprint density at radius 1 is 1.13 bits per heavy atom. The van der Waals surface area contributed by atoms with Gasteiger partial charge in [-0.05, 0) is 56.5 Å². The molecule has 1 amide bonds. The Hall–Kier alpha value is -3.12. The molecule has 1 aliphatic heterocycles. The second-order valence-electron chi connectivity index (χ2n) is 8.04. The van der Waals surface area contributed by atoms with E-state index in [4.69, 9.17) is 9.15 Å². The SMILES string of the molecule is Cc1cc(=O)c2cc(OCCCN3CCC(NC(=O)c4ccccc4)CC3)ccc2o1. The van der Waals surface area contributed by atoms with Crippen molar-refractivity contribution in [1.82, 2.24) is 10.2 Å². The summed E-state index contributed by atoms with van der Waals surface area (Å²) < 4.78 is 11.4. The third kappa shape index (κ3) is 5.52. The highest BCUT2D eigenvalue weighted by Crippen LogP contribution is 2.19. The molecule has 1 N–H and O–H groups in total. The van der Waals surface area contributed by atoms with Gasteiger partial charge in [-0.15, -0.1) is 0 Å². The normalized spacial score (nSPS) is 15.1. The van der Waals surface area contributed by atoms with Gasteiger partial charge in [-0.2, -0.15) is 0 Å². The Kier molecular flexibility index (Phi) is 6.67. The molecule has 0 aliphatic carbocycles. The summed E-state index contributed by atoms with van der Waals surface area (Å²) in [6.45, 7) is 5.25. The molecule has 0 spiro atoms. The first kappa shape index (κ1) is 21.1. The van der Waals surface area contributed by atoms with Crippen molar-refractivity contribution in [3.8, 4) is 5.75 Å². The topological polar surface area (TPSA) is 71.8 Å². The fraction of sp³-hybridized carbons (Fsp3) is 0.360. The van der Waals surface area contributed by atoms with Crippen molar-refractivity contribution in [3.63, 3.8) is 0 Å². The first-order valence-electron chi connectivity index (χ1n) is 10.8. The van der Waals surface area contributed by atoms with Gasteiger partial charge in [0.05, 0.1) is 12.0 Å². The molecule has 31 heavy (non-hydrogen) atoms. The number of carbonyl (C=O) groups excluding carboxylic acids is 1. The molecule has 1 fully saturated rings. The molecule has 0 bridgehead atoms. The smallest absolute Gasteiger partial charge is 0.251 e. The van der Waals surface area contributed by atoms with Crippen LogP contribution in [0.15, 0.2) is 63.8 Å². The van der Waals surface area contributed by atoms with Crippen molar-refractivity contribution in [2.75, 3.05) is 26.2 Å². The van der Waals surface area contributed by atoms with Crippen LogP contribution in [0, 0.1) is 6.92 Å². The Morgan fingerprint density at radius 3 is 2.68 bits per heavy atom. The minimum Gasteiger partial charge on any atom is -0.494 e. The maximum Gasteiger partial charge on any atom is 0.251 e. The van der Waals surface area contributed by atoms with E-state index in [0.29, 0.717) is 34.6 Å². The highest BCUT2D eigenvalue weighted by atomic mass is 16.5. The van der Waals surface area contributed by atoms with Gasteiger partial charge in [0, 0.05) is 37.3 Å². The van der Waals surface area contributed by atoms with Crippen LogP contribution in [0.5, 0.6) is 5.75 Å². The Balaban J connectivity index is 1.18. The van der Waals surface area contributed by atoms with E-state index >= 15 is 0 Å². The molecule has 1 aromatic heterocycles. The van der Waals surface area contributed by atoms with Crippen LogP contribution in [-0.4, -0.2) is 43.1 Å². The molecule has 6 heteroatoms. The summed E-state index contributed by atoms with van der Waals surface area (Å²) in [5.74, 6) is 1.30. The minimum absolute atomic E-state index is 0.00651. The number of likely N-dealkylation sites (tertiary alicyclic amines) is 1. The van der Waals surface area contributed by atoms with Crippen molar-refractivity contribution < 1.29 is 13.9 Å². The lowest BCUT2D eigenvalue weighted by Crippen LogP contribution is -2.45. The number of carbonyl (C=O) groups is 1. The standard InChI is InChI=1S/C25H28N2O4/c1-18-16-23(28)22-17-21(8-9-24(22)31-18)30-15-5-12-27-13-10-20(11-14-27)26-25(29)19-6-3-2-4-7-19/h2-4,6-9,16-17,20H,5,10-15H2,1H3,(H,26,29). The summed E-state index contributed by atoms with van der Waals surface area (Å²) in [6, 6.07) is 16.5. The van der Waals surface area contributed by atoms with Gasteiger partial charge in [-0.1, -0.05) is 18.2 Å². The first-order chi connectivity index (χ1) is 15.1. The van der Waals surface area contributed by atoms with Crippen LogP contribution in [0.25, 0.3) is 11.0 Å². The van der Waals surface area contributed by atoms with Crippen LogP contribution in [0.3, 0.4) is 0 Å². The zero-order valence-corrected chi connectivity index (χ0v) is 17.8. The van der Waals surface area contributed by atoms with Gasteiger partial charge in [0.1, 0.15) is 17.1 Å². The Labute approximate surface area is 181 Å². The highest BCUT2D eigenvalue weighted by Gasteiger charge is 2.20. The number of rotatable bonds is 7. The number of amides is 1. The Morgan fingerprint density at radius 2 is 1.90 bits per heavy atom. The molecule has 3 aromatic rings. The molecule has 0 saturated carbocycles. The van der Waals surface area contributed by atoms with Crippen molar-refractivity contribution in [2.24, 2.45) is 0 Å². The number of benzene rings is 2. The second kappa shape index (κ2) is 9.79. The predicted octanol–water partition coefficient (Wildman–Crippen LogP) is 3.76. The Bertz CT molecular complexity index is 1090. The lowest BCUT2D eigenvalue weighted by Gasteiger charge is -2.32. The van der Waals surface area contributed by atoms with E-state index in [9.17, 15) is 9.59 Å². The average molecular weight is 421 g/mol. The fourth-order valence-electron chi connectivity index (χ4n) is 3.98. The zero-order valence-electron chi connectivity index (χ0n) is 17.8. The van der Waals surface area contributed by atoms with Gasteiger partial charge >= 0.3 is 0 Å². The van der Waals surface area contributed by atoms with Crippen LogP contribution >= 0.6 is 0 Å². The second-order valence-corrected chi connectivity index (χ2v) is 8.04. The average Bonchev–Trinajstić information content (AvgIpc) is 2.78. The highest BCUT2D eigenvalue weighted by molar-refractivity contribution is 5.94. The quantitative estimate of drug-likeness (QED) is 0.589. The number of fused-ring (bicyclic) bond motifs is 1. The summed E-state index contributed by atoms with van der Waals surface area (Å²) >= 11 is 0. The van der Waals surface area contributed by atoms with Crippen molar-refractivity contribution >= 4 is 16.9 Å². The molecule has 0 atom stereocenters. The molecule has 162 valence electrons. The van der Waals surface area contributed by atoms with E-state index in [2.05, 4.69) is 10.2 Å². The first-order valence-corrected chi connectivity index (χ1v) is 10.8. The summed E-state index contributed by atoms with van der Waals surface area (Å²) in [5, 5.41) is 3.69. The van der Waals surface area contributed by atoms with Crippen LogP contribution in [-0.2, 0) is 0 Å². The van der Waals surface area contributed by atoms with Crippen LogP contribution in [0.2, 0.25) is 0 Å². The van der Waals surface area contributed by atoms with E-state index in [1.165, 1.54) is 6.07 Å². The molecule has 0 radical (unpaired) electrons. The van der Waals surface area contributed by atoms with E-state index in [-0.39, 0.29) is 17.4 Å². The molecule has 1 aliphatic rings. The minimum atomic E-state index is -0.0496. The van der Waals surface area contributed by atoms with Gasteiger partial charge < -0.3 is 19.4 Å². The molecule has 0 unspecified atom stereocenters. The van der Waals surface area contributed by atoms with Crippen molar-refractivity contribution in [2.45, 2.75) is 32.2 Å². The largest absolute Gasteiger partial charge is 0.494 e. The summed E-state index contributed by atoms with van der Waals surface area (Å²) in [7, 11) is 0. The number of piperidine rings is 1. The molecule has 4 rings (SSSR count). The summed E-state index contributed by atoms with van der Waals surface area (Å²) in [4.78, 5) is 26.8. The molecular formula is C25H28N2O4. The van der Waals surface area contributed by atoms with Crippen molar-refractivity contribution in [1.29, 1.82) is 0 Å². The zero-order chi connectivity index (χ0) is 21.6. The molecule has 2 heterocycles. The third-order valence-corrected chi connectivity index (χ3v) is 5.67. The molecular weight excluding hydrogens is 392 g/mol. The van der Waals surface area contributed by atoms with Crippen LogP contribution in [0.4, 0.5) is 0 Å². The molecule has 6 nitrogen and oxygen atoms in total. The van der Waals surface area contributed by atoms with Gasteiger partial charge in [0.15, 0.2) is 5.43 Å². The van der Waals surface area contributed by atoms with E-state index in [0.717, 1.165) is 38.9 Å². The number of nitrogens with one attached hydrogen (secondary N) is 1. The summed E-state index contributed by atoms with van der Waals surface area (Å²) in [5.41, 5.74) is 1.25. The van der Waals surface area contributed by atoms with Crippen LogP contribution < -0.4 is 15.5 Å². The maximum atomic E-state index is 12.3. The molecule has 2 aromatic carbocycles. The van der Waals surface area contributed by atoms with Crippen molar-refractivity contribution in [3.05, 3.63) is 76.1 Å². The maximum absolute atomic E-state index is 12.3. The lowest BCUT2D eigenvalue weighted by molar-refractivity contribution is 0.0909. The van der Waals surface area contributed by atoms with Crippen LogP contribution in [0.1, 0.15) is 35.4 Å². The van der Waals surface area contributed by atoms with Gasteiger partial charge in [-0.25, -0.2) is 0 Å². The van der Waals surface area contributed by atoms with Gasteiger partial charge in [0.25, 0.3) is 5.91 Å². The number of nitrogens with zero attached hydrogens (tertiary/aromatic N) is 1. The van der Waals surface area contributed by atoms with Gasteiger partial charge in [-0.3, -0.25) is 9.59 Å². The number of aryl methyl sites for hydroxylation is 1. The number of ether oxygens (including phenoxy) is 1. The lowest BCUT2D eigenvalue weighted by atomic mass is 10.0. The third-order valence-electron chi connectivity index (χ3n) is 5.67. The van der Waals surface area contributed by atoms with E-state index < -0.39 is 0 Å². The fourth-order valence-corrected chi connectivity index (χ4v) is 3.98. The number of hydrogen-bond acceptors (Lipinski definition) is 5. The monoisotopic (exact) mass is 420 g/mol.